The molecule has 0 spiro atoms. The molecule has 0 radical (unpaired) electrons. The van der Waals surface area contributed by atoms with Crippen molar-refractivity contribution < 1.29 is 9.59 Å². The summed E-state index contributed by atoms with van der Waals surface area (Å²) in [4.78, 5) is 22.8. The van der Waals surface area contributed by atoms with E-state index < -0.39 is 11.6 Å². The van der Waals surface area contributed by atoms with Crippen molar-refractivity contribution >= 4 is 11.6 Å². The Balaban J connectivity index is 1.78. The van der Waals surface area contributed by atoms with Crippen LogP contribution in [0.4, 0.5) is 0 Å². The number of nitrogens with two attached hydrogens (primary N) is 1. The quantitative estimate of drug-likeness (QED) is 0.125. The largest absolute Gasteiger partial charge is 0.395 e. The molecule has 30 heavy (non-hydrogen) atoms. The van der Waals surface area contributed by atoms with Crippen LogP contribution in [0.5, 0.6) is 0 Å². The van der Waals surface area contributed by atoms with Crippen LogP contribution in [0.25, 0.3) is 0 Å². The zero-order chi connectivity index (χ0) is 21.9. The van der Waals surface area contributed by atoms with Gasteiger partial charge in [-0.2, -0.15) is 0 Å². The molecule has 1 aliphatic rings. The number of Topliss-reactive ketones (excluding diaryl/α,β-unsaturated/α-hetero) is 1. The Bertz CT molecular complexity index is 533. The fraction of sp³-hybridized carbons (Fsp3) is 0.778. The Hall–Kier alpha value is -1.38. The minimum Gasteiger partial charge on any atom is -0.395 e. The van der Waals surface area contributed by atoms with Gasteiger partial charge in [-0.05, 0) is 24.5 Å². The lowest BCUT2D eigenvalue weighted by Gasteiger charge is -2.10. The molecule has 0 saturated heterocycles. The molecule has 0 fully saturated rings. The standard InChI is InChI=1S/C27H47NO2/c1-2-3-4-5-6-7-8-9-10-11-12-13-14-15-16-17-18-19-20-21-24-22-23-25(29)27(30)26(24)28/h22-23H,2-21,28H2,1H3. The molecular weight excluding hydrogens is 370 g/mol. The molecule has 0 bridgehead atoms. The van der Waals surface area contributed by atoms with Gasteiger partial charge in [-0.3, -0.25) is 9.59 Å². The molecule has 1 rings (SSSR count). The first kappa shape index (κ1) is 26.7. The molecular formula is C27H47NO2. The predicted octanol–water partition coefficient (Wildman–Crippen LogP) is 7.73. The summed E-state index contributed by atoms with van der Waals surface area (Å²) in [5.41, 5.74) is 6.75. The molecule has 0 amide bonds. The smallest absolute Gasteiger partial charge is 0.248 e. The summed E-state index contributed by atoms with van der Waals surface area (Å²) in [7, 11) is 0. The minimum atomic E-state index is -0.537. The number of unbranched alkanes of at least 4 members (excludes halogenated alkanes) is 18. The first-order valence-corrected chi connectivity index (χ1v) is 12.9. The van der Waals surface area contributed by atoms with E-state index in [0.29, 0.717) is 0 Å². The molecule has 0 heterocycles. The Morgan fingerprint density at radius 1 is 0.567 bits per heavy atom. The number of carbonyl (C=O) groups excluding carboxylic acids is 2. The summed E-state index contributed by atoms with van der Waals surface area (Å²) in [5, 5.41) is 0. The molecule has 172 valence electrons. The van der Waals surface area contributed by atoms with Crippen molar-refractivity contribution in [1.29, 1.82) is 0 Å². The van der Waals surface area contributed by atoms with Crippen LogP contribution in [0, 0.1) is 0 Å². The second-order valence-electron chi connectivity index (χ2n) is 9.08. The topological polar surface area (TPSA) is 60.2 Å². The lowest BCUT2D eigenvalue weighted by molar-refractivity contribution is -0.131. The van der Waals surface area contributed by atoms with E-state index in [-0.39, 0.29) is 5.70 Å². The highest BCUT2D eigenvalue weighted by Gasteiger charge is 2.20. The van der Waals surface area contributed by atoms with E-state index in [9.17, 15) is 9.59 Å². The third kappa shape index (κ3) is 13.0. The second kappa shape index (κ2) is 18.4. The van der Waals surface area contributed by atoms with Crippen LogP contribution in [-0.4, -0.2) is 11.6 Å². The first-order chi connectivity index (χ1) is 14.7. The molecule has 0 aliphatic heterocycles. The zero-order valence-corrected chi connectivity index (χ0v) is 19.7. The van der Waals surface area contributed by atoms with Gasteiger partial charge in [0.05, 0.1) is 5.70 Å². The normalized spacial score (nSPS) is 14.2. The van der Waals surface area contributed by atoms with Crippen molar-refractivity contribution in [2.24, 2.45) is 5.73 Å². The number of ketones is 2. The fourth-order valence-corrected chi connectivity index (χ4v) is 4.23. The van der Waals surface area contributed by atoms with Crippen molar-refractivity contribution in [3.8, 4) is 0 Å². The molecule has 0 aromatic carbocycles. The molecule has 1 aliphatic carbocycles. The Kier molecular flexibility index (Phi) is 16.3. The van der Waals surface area contributed by atoms with E-state index in [1.165, 1.54) is 122 Å². The average Bonchev–Trinajstić information content (AvgIpc) is 2.75. The third-order valence-electron chi connectivity index (χ3n) is 6.30. The molecule has 0 saturated carbocycles. The van der Waals surface area contributed by atoms with Crippen LogP contribution in [0.15, 0.2) is 23.4 Å². The summed E-state index contributed by atoms with van der Waals surface area (Å²) in [6.45, 7) is 2.28. The molecule has 0 aromatic heterocycles. The number of allylic oxidation sites excluding steroid dienone is 4. The van der Waals surface area contributed by atoms with Gasteiger partial charge < -0.3 is 5.73 Å². The number of carbonyl (C=O) groups is 2. The lowest BCUT2D eigenvalue weighted by Crippen LogP contribution is -2.24. The summed E-state index contributed by atoms with van der Waals surface area (Å²) in [5.74, 6) is -1.03. The van der Waals surface area contributed by atoms with Gasteiger partial charge in [-0.25, -0.2) is 0 Å². The molecule has 3 heteroatoms. The van der Waals surface area contributed by atoms with Gasteiger partial charge in [0.1, 0.15) is 0 Å². The summed E-state index contributed by atoms with van der Waals surface area (Å²) < 4.78 is 0. The van der Waals surface area contributed by atoms with Crippen molar-refractivity contribution in [2.45, 2.75) is 135 Å². The van der Waals surface area contributed by atoms with Crippen molar-refractivity contribution in [3.63, 3.8) is 0 Å². The zero-order valence-electron chi connectivity index (χ0n) is 19.7. The number of hydrogen-bond acceptors (Lipinski definition) is 3. The summed E-state index contributed by atoms with van der Waals surface area (Å²) >= 11 is 0. The van der Waals surface area contributed by atoms with Gasteiger partial charge in [0, 0.05) is 0 Å². The predicted molar refractivity (Wildman–Crippen MR) is 128 cm³/mol. The van der Waals surface area contributed by atoms with Gasteiger partial charge >= 0.3 is 0 Å². The van der Waals surface area contributed by atoms with Gasteiger partial charge in [-0.1, -0.05) is 129 Å². The van der Waals surface area contributed by atoms with Gasteiger partial charge in [0.15, 0.2) is 0 Å². The summed E-state index contributed by atoms with van der Waals surface area (Å²) in [6.07, 6.45) is 29.9. The van der Waals surface area contributed by atoms with Gasteiger partial charge in [0.25, 0.3) is 0 Å². The van der Waals surface area contributed by atoms with Crippen LogP contribution >= 0.6 is 0 Å². The van der Waals surface area contributed by atoms with Crippen LogP contribution < -0.4 is 5.73 Å². The molecule has 0 unspecified atom stereocenters. The molecule has 3 nitrogen and oxygen atoms in total. The van der Waals surface area contributed by atoms with Gasteiger partial charge in [0.2, 0.25) is 11.6 Å². The first-order valence-electron chi connectivity index (χ1n) is 12.9. The van der Waals surface area contributed by atoms with E-state index in [0.717, 1.165) is 18.4 Å². The van der Waals surface area contributed by atoms with Crippen LogP contribution in [-0.2, 0) is 9.59 Å². The van der Waals surface area contributed by atoms with Crippen LogP contribution in [0.3, 0.4) is 0 Å². The Morgan fingerprint density at radius 2 is 0.933 bits per heavy atom. The van der Waals surface area contributed by atoms with E-state index in [2.05, 4.69) is 6.92 Å². The fourth-order valence-electron chi connectivity index (χ4n) is 4.23. The lowest BCUT2D eigenvalue weighted by atomic mass is 9.96. The number of hydrogen-bond donors (Lipinski definition) is 1. The highest BCUT2D eigenvalue weighted by Crippen LogP contribution is 2.19. The molecule has 0 atom stereocenters. The average molecular weight is 418 g/mol. The number of rotatable bonds is 20. The van der Waals surface area contributed by atoms with E-state index in [4.69, 9.17) is 5.73 Å². The van der Waals surface area contributed by atoms with Crippen LogP contribution in [0.1, 0.15) is 135 Å². The van der Waals surface area contributed by atoms with Crippen molar-refractivity contribution in [1.82, 2.24) is 0 Å². The maximum atomic E-state index is 11.6. The Labute approximate surface area is 186 Å². The van der Waals surface area contributed by atoms with E-state index in [1.54, 1.807) is 6.08 Å². The van der Waals surface area contributed by atoms with Crippen molar-refractivity contribution in [2.75, 3.05) is 0 Å². The molecule has 0 aromatic rings. The maximum absolute atomic E-state index is 11.6. The highest BCUT2D eigenvalue weighted by atomic mass is 16.2. The highest BCUT2D eigenvalue weighted by molar-refractivity contribution is 6.48. The van der Waals surface area contributed by atoms with E-state index >= 15 is 0 Å². The third-order valence-corrected chi connectivity index (χ3v) is 6.30. The minimum absolute atomic E-state index is 0.157. The summed E-state index contributed by atoms with van der Waals surface area (Å²) in [6, 6.07) is 0. The molecule has 2 N–H and O–H groups in total. The van der Waals surface area contributed by atoms with Crippen LogP contribution in [0.2, 0.25) is 0 Å². The van der Waals surface area contributed by atoms with Gasteiger partial charge in [-0.15, -0.1) is 0 Å². The van der Waals surface area contributed by atoms with E-state index in [1.807, 2.05) is 0 Å². The van der Waals surface area contributed by atoms with Crippen molar-refractivity contribution in [3.05, 3.63) is 23.4 Å². The maximum Gasteiger partial charge on any atom is 0.248 e. The Morgan fingerprint density at radius 3 is 1.33 bits per heavy atom. The SMILES string of the molecule is CCCCCCCCCCCCCCCCCCCCCC1=C(N)C(=O)C(=O)C=C1. The monoisotopic (exact) mass is 417 g/mol. The second-order valence-corrected chi connectivity index (χ2v) is 9.08.